The van der Waals surface area contributed by atoms with Crippen LogP contribution in [-0.2, 0) is 11.2 Å². The number of unbranched alkanes of at least 4 members (excludes halogenated alkanes) is 1. The van der Waals surface area contributed by atoms with Gasteiger partial charge in [0.15, 0.2) is 0 Å². The first-order chi connectivity index (χ1) is 9.16. The summed E-state index contributed by atoms with van der Waals surface area (Å²) in [5.41, 5.74) is 2.34. The molecule has 1 aromatic rings. The molecule has 0 saturated carbocycles. The molecule has 19 heavy (non-hydrogen) atoms. The number of benzene rings is 1. The van der Waals surface area contributed by atoms with Gasteiger partial charge in [-0.25, -0.2) is 0 Å². The first-order valence-electron chi connectivity index (χ1n) is 7.29. The van der Waals surface area contributed by atoms with Crippen LogP contribution in [0.25, 0.3) is 0 Å². The smallest absolute Gasteiger partial charge is 0.242 e. The summed E-state index contributed by atoms with van der Waals surface area (Å²) in [4.78, 5) is 12.0. The number of anilines is 1. The average molecular weight is 260 g/mol. The molecular formula is C16H24N2O. The molecule has 1 unspecified atom stereocenters. The van der Waals surface area contributed by atoms with Gasteiger partial charge in [0.05, 0.1) is 0 Å². The topological polar surface area (TPSA) is 41.1 Å². The molecular weight excluding hydrogens is 236 g/mol. The maximum atomic E-state index is 12.0. The highest BCUT2D eigenvalue weighted by Gasteiger charge is 2.25. The van der Waals surface area contributed by atoms with Crippen LogP contribution in [0, 0.1) is 5.92 Å². The molecule has 1 amide bonds. The molecule has 0 saturated heterocycles. The van der Waals surface area contributed by atoms with Crippen molar-refractivity contribution in [3.63, 3.8) is 0 Å². The lowest BCUT2D eigenvalue weighted by molar-refractivity contribution is -0.121. The SMILES string of the molecule is CC(C)CCCCNC(=O)C1Cc2ccccc2N1. The van der Waals surface area contributed by atoms with E-state index in [1.165, 1.54) is 18.4 Å². The summed E-state index contributed by atoms with van der Waals surface area (Å²) < 4.78 is 0. The van der Waals surface area contributed by atoms with Crippen molar-refractivity contribution in [2.24, 2.45) is 5.92 Å². The van der Waals surface area contributed by atoms with Gasteiger partial charge in [-0.1, -0.05) is 44.9 Å². The maximum Gasteiger partial charge on any atom is 0.242 e. The minimum absolute atomic E-state index is 0.0949. The van der Waals surface area contributed by atoms with Gasteiger partial charge in [0.2, 0.25) is 5.91 Å². The third-order valence-corrected chi connectivity index (χ3v) is 3.60. The van der Waals surface area contributed by atoms with Gasteiger partial charge in [0, 0.05) is 18.7 Å². The second-order valence-electron chi connectivity index (χ2n) is 5.74. The number of nitrogens with one attached hydrogen (secondary N) is 2. The van der Waals surface area contributed by atoms with Crippen LogP contribution in [0.5, 0.6) is 0 Å². The fraction of sp³-hybridized carbons (Fsp3) is 0.562. The van der Waals surface area contributed by atoms with E-state index in [1.54, 1.807) is 0 Å². The van der Waals surface area contributed by atoms with E-state index in [2.05, 4.69) is 30.5 Å². The van der Waals surface area contributed by atoms with Gasteiger partial charge >= 0.3 is 0 Å². The summed E-state index contributed by atoms with van der Waals surface area (Å²) in [5, 5.41) is 6.31. The van der Waals surface area contributed by atoms with Crippen molar-refractivity contribution in [3.05, 3.63) is 29.8 Å². The molecule has 3 nitrogen and oxygen atoms in total. The van der Waals surface area contributed by atoms with Crippen molar-refractivity contribution >= 4 is 11.6 Å². The second-order valence-corrected chi connectivity index (χ2v) is 5.74. The van der Waals surface area contributed by atoms with E-state index >= 15 is 0 Å². The van der Waals surface area contributed by atoms with Gasteiger partial charge in [0.25, 0.3) is 0 Å². The van der Waals surface area contributed by atoms with Crippen molar-refractivity contribution in [2.75, 3.05) is 11.9 Å². The Morgan fingerprint density at radius 1 is 1.37 bits per heavy atom. The quantitative estimate of drug-likeness (QED) is 0.772. The lowest BCUT2D eigenvalue weighted by Crippen LogP contribution is -2.38. The summed E-state index contributed by atoms with van der Waals surface area (Å²) in [6.07, 6.45) is 4.30. The average Bonchev–Trinajstić information content (AvgIpc) is 2.81. The lowest BCUT2D eigenvalue weighted by Gasteiger charge is -2.12. The van der Waals surface area contributed by atoms with Gasteiger partial charge < -0.3 is 10.6 Å². The lowest BCUT2D eigenvalue weighted by atomic mass is 10.1. The van der Waals surface area contributed by atoms with Crippen LogP contribution in [0.3, 0.4) is 0 Å². The Balaban J connectivity index is 1.68. The van der Waals surface area contributed by atoms with Crippen LogP contribution >= 0.6 is 0 Å². The molecule has 1 atom stereocenters. The van der Waals surface area contributed by atoms with Crippen molar-refractivity contribution in [1.82, 2.24) is 5.32 Å². The Hall–Kier alpha value is -1.51. The predicted octanol–water partition coefficient (Wildman–Crippen LogP) is 2.97. The number of carbonyl (C=O) groups excluding carboxylic acids is 1. The molecule has 0 aliphatic carbocycles. The van der Waals surface area contributed by atoms with Gasteiger partial charge in [-0.3, -0.25) is 4.79 Å². The standard InChI is InChI=1S/C16H24N2O/c1-12(2)7-5-6-10-17-16(19)15-11-13-8-3-4-9-14(13)18-15/h3-4,8-9,12,15,18H,5-7,10-11H2,1-2H3,(H,17,19). The summed E-state index contributed by atoms with van der Waals surface area (Å²) in [6, 6.07) is 8.04. The first kappa shape index (κ1) is 13.9. The second kappa shape index (κ2) is 6.60. The van der Waals surface area contributed by atoms with Crippen molar-refractivity contribution in [1.29, 1.82) is 0 Å². The van der Waals surface area contributed by atoms with E-state index in [0.29, 0.717) is 0 Å². The van der Waals surface area contributed by atoms with E-state index in [9.17, 15) is 4.79 Å². The molecule has 1 aromatic carbocycles. The molecule has 0 aromatic heterocycles. The molecule has 1 aliphatic rings. The molecule has 104 valence electrons. The van der Waals surface area contributed by atoms with Crippen LogP contribution in [0.15, 0.2) is 24.3 Å². The number of carbonyl (C=O) groups is 1. The Labute approximate surface area is 115 Å². The zero-order valence-electron chi connectivity index (χ0n) is 11.9. The minimum Gasteiger partial charge on any atom is -0.373 e. The highest BCUT2D eigenvalue weighted by atomic mass is 16.2. The van der Waals surface area contributed by atoms with E-state index in [1.807, 2.05) is 18.2 Å². The fourth-order valence-electron chi connectivity index (χ4n) is 2.47. The van der Waals surface area contributed by atoms with E-state index in [4.69, 9.17) is 0 Å². The molecule has 0 spiro atoms. The summed E-state index contributed by atoms with van der Waals surface area (Å²) >= 11 is 0. The van der Waals surface area contributed by atoms with Gasteiger partial charge in [-0.05, 0) is 24.0 Å². The molecule has 3 heteroatoms. The number of hydrogen-bond acceptors (Lipinski definition) is 2. The Bertz CT molecular complexity index is 404. The Morgan fingerprint density at radius 2 is 2.16 bits per heavy atom. The van der Waals surface area contributed by atoms with Crippen molar-refractivity contribution in [2.45, 2.75) is 45.6 Å². The highest BCUT2D eigenvalue weighted by Crippen LogP contribution is 2.24. The number of hydrogen-bond donors (Lipinski definition) is 2. The largest absolute Gasteiger partial charge is 0.373 e. The van der Waals surface area contributed by atoms with E-state index in [0.717, 1.165) is 31.0 Å². The fourth-order valence-corrected chi connectivity index (χ4v) is 2.47. The normalized spacial score (nSPS) is 17.1. The zero-order valence-corrected chi connectivity index (χ0v) is 11.9. The number of rotatable bonds is 6. The maximum absolute atomic E-state index is 12.0. The molecule has 1 aliphatic heterocycles. The van der Waals surface area contributed by atoms with Crippen LogP contribution < -0.4 is 10.6 Å². The van der Waals surface area contributed by atoms with E-state index < -0.39 is 0 Å². The van der Waals surface area contributed by atoms with Crippen LogP contribution in [-0.4, -0.2) is 18.5 Å². The van der Waals surface area contributed by atoms with Crippen LogP contribution in [0.4, 0.5) is 5.69 Å². The van der Waals surface area contributed by atoms with Crippen LogP contribution in [0.1, 0.15) is 38.7 Å². The Morgan fingerprint density at radius 3 is 2.89 bits per heavy atom. The first-order valence-corrected chi connectivity index (χ1v) is 7.29. The van der Waals surface area contributed by atoms with Gasteiger partial charge in [-0.2, -0.15) is 0 Å². The van der Waals surface area contributed by atoms with Gasteiger partial charge in [0.1, 0.15) is 6.04 Å². The van der Waals surface area contributed by atoms with Crippen LogP contribution in [0.2, 0.25) is 0 Å². The molecule has 2 rings (SSSR count). The Kier molecular flexibility index (Phi) is 4.83. The van der Waals surface area contributed by atoms with Crippen molar-refractivity contribution < 1.29 is 4.79 Å². The third-order valence-electron chi connectivity index (χ3n) is 3.60. The summed E-state index contributed by atoms with van der Waals surface area (Å²) in [7, 11) is 0. The molecule has 0 radical (unpaired) electrons. The van der Waals surface area contributed by atoms with Crippen molar-refractivity contribution in [3.8, 4) is 0 Å². The van der Waals surface area contributed by atoms with Gasteiger partial charge in [-0.15, -0.1) is 0 Å². The molecule has 0 fully saturated rings. The zero-order chi connectivity index (χ0) is 13.7. The molecule has 0 bridgehead atoms. The third kappa shape index (κ3) is 3.98. The van der Waals surface area contributed by atoms with E-state index in [-0.39, 0.29) is 11.9 Å². The summed E-state index contributed by atoms with van der Waals surface area (Å²) in [6.45, 7) is 5.26. The monoisotopic (exact) mass is 260 g/mol. The molecule has 2 N–H and O–H groups in total. The highest BCUT2D eigenvalue weighted by molar-refractivity contribution is 5.87. The number of fused-ring (bicyclic) bond motifs is 1. The summed E-state index contributed by atoms with van der Waals surface area (Å²) in [5.74, 6) is 0.877. The minimum atomic E-state index is -0.0949. The number of amides is 1. The number of para-hydroxylation sites is 1. The molecule has 1 heterocycles. The predicted molar refractivity (Wildman–Crippen MR) is 79.3 cm³/mol.